The number of carbonyl (C=O) groups is 3. The SMILES string of the molecule is COc1cc(C(=O)OCC(=O)N(C)CC(=O)Nc2c(C)cccc2C)c([N+](=O)[O-])cc1OC. The van der Waals surface area contributed by atoms with Crippen LogP contribution in [0.25, 0.3) is 0 Å². The Labute approximate surface area is 190 Å². The van der Waals surface area contributed by atoms with Crippen LogP contribution in [-0.4, -0.2) is 62.0 Å². The fraction of sp³-hybridized carbons (Fsp3) is 0.318. The van der Waals surface area contributed by atoms with Crippen molar-refractivity contribution >= 4 is 29.2 Å². The van der Waals surface area contributed by atoms with E-state index < -0.39 is 40.6 Å². The van der Waals surface area contributed by atoms with Crippen molar-refractivity contribution < 1.29 is 33.5 Å². The molecule has 11 nitrogen and oxygen atoms in total. The second-order valence-electron chi connectivity index (χ2n) is 7.12. The first-order valence-corrected chi connectivity index (χ1v) is 9.76. The Kier molecular flexibility index (Phi) is 8.32. The molecule has 0 aromatic heterocycles. The quantitative estimate of drug-likeness (QED) is 0.343. The Hall–Kier alpha value is -4.15. The van der Waals surface area contributed by atoms with Gasteiger partial charge in [-0.3, -0.25) is 19.7 Å². The Morgan fingerprint density at radius 3 is 2.18 bits per heavy atom. The van der Waals surface area contributed by atoms with Gasteiger partial charge in [-0.2, -0.15) is 0 Å². The lowest BCUT2D eigenvalue weighted by atomic mass is 10.1. The standard InChI is InChI=1S/C22H25N3O8/c1-13-7-6-8-14(2)21(13)23-19(26)11-24(3)20(27)12-33-22(28)15-9-17(31-4)18(32-5)10-16(15)25(29)30/h6-10H,11-12H2,1-5H3,(H,23,26). The molecule has 176 valence electrons. The van der Waals surface area contributed by atoms with Gasteiger partial charge in [0.25, 0.3) is 11.6 Å². The predicted molar refractivity (Wildman–Crippen MR) is 119 cm³/mol. The van der Waals surface area contributed by atoms with Crippen LogP contribution in [-0.2, 0) is 14.3 Å². The lowest BCUT2D eigenvalue weighted by Gasteiger charge is -2.18. The normalized spacial score (nSPS) is 10.2. The Morgan fingerprint density at radius 2 is 1.64 bits per heavy atom. The number of para-hydroxylation sites is 1. The van der Waals surface area contributed by atoms with Crippen molar-refractivity contribution in [2.24, 2.45) is 0 Å². The van der Waals surface area contributed by atoms with Crippen LogP contribution in [0, 0.1) is 24.0 Å². The fourth-order valence-electron chi connectivity index (χ4n) is 2.99. The minimum atomic E-state index is -1.09. The summed E-state index contributed by atoms with van der Waals surface area (Å²) in [6.45, 7) is 2.72. The molecular formula is C22H25N3O8. The smallest absolute Gasteiger partial charge is 0.345 e. The first kappa shape index (κ1) is 25.1. The summed E-state index contributed by atoms with van der Waals surface area (Å²) in [6, 6.07) is 7.70. The van der Waals surface area contributed by atoms with Crippen LogP contribution in [0.15, 0.2) is 30.3 Å². The lowest BCUT2D eigenvalue weighted by Crippen LogP contribution is -2.37. The molecule has 0 heterocycles. The summed E-state index contributed by atoms with van der Waals surface area (Å²) < 4.78 is 15.0. The van der Waals surface area contributed by atoms with Gasteiger partial charge in [-0.05, 0) is 25.0 Å². The van der Waals surface area contributed by atoms with E-state index in [2.05, 4.69) is 5.32 Å². The number of amides is 2. The van der Waals surface area contributed by atoms with Gasteiger partial charge in [-0.1, -0.05) is 18.2 Å². The van der Waals surface area contributed by atoms with Gasteiger partial charge in [-0.15, -0.1) is 0 Å². The number of methoxy groups -OCH3 is 2. The number of nitro benzene ring substituents is 1. The van der Waals surface area contributed by atoms with Gasteiger partial charge < -0.3 is 24.4 Å². The third-order valence-electron chi connectivity index (χ3n) is 4.80. The number of nitrogens with one attached hydrogen (secondary N) is 1. The number of anilines is 1. The van der Waals surface area contributed by atoms with Crippen LogP contribution < -0.4 is 14.8 Å². The minimum Gasteiger partial charge on any atom is -0.493 e. The van der Waals surface area contributed by atoms with Gasteiger partial charge >= 0.3 is 5.97 Å². The molecule has 2 amide bonds. The first-order chi connectivity index (χ1) is 15.6. The largest absolute Gasteiger partial charge is 0.493 e. The molecule has 33 heavy (non-hydrogen) atoms. The van der Waals surface area contributed by atoms with Gasteiger partial charge in [0, 0.05) is 18.8 Å². The zero-order chi connectivity index (χ0) is 24.7. The summed E-state index contributed by atoms with van der Waals surface area (Å²) in [5.41, 5.74) is 1.45. The number of carbonyl (C=O) groups excluding carboxylic acids is 3. The molecule has 0 fully saturated rings. The van der Waals surface area contributed by atoms with Crippen molar-refractivity contribution in [3.8, 4) is 11.5 Å². The highest BCUT2D eigenvalue weighted by molar-refractivity contribution is 5.98. The maximum absolute atomic E-state index is 12.4. The highest BCUT2D eigenvalue weighted by Gasteiger charge is 2.26. The van der Waals surface area contributed by atoms with Gasteiger partial charge in [0.05, 0.1) is 31.8 Å². The molecule has 0 bridgehead atoms. The fourth-order valence-corrected chi connectivity index (χ4v) is 2.99. The highest BCUT2D eigenvalue weighted by atomic mass is 16.6. The molecule has 0 aliphatic carbocycles. The number of hydrogen-bond donors (Lipinski definition) is 1. The number of esters is 1. The number of benzene rings is 2. The third kappa shape index (κ3) is 6.19. The van der Waals surface area contributed by atoms with Crippen LogP contribution in [0.5, 0.6) is 11.5 Å². The van der Waals surface area contributed by atoms with Gasteiger partial charge in [0.15, 0.2) is 18.1 Å². The van der Waals surface area contributed by atoms with Crippen LogP contribution in [0.2, 0.25) is 0 Å². The number of nitrogens with zero attached hydrogens (tertiary/aromatic N) is 2. The molecule has 0 saturated carbocycles. The molecule has 0 aliphatic heterocycles. The number of hydrogen-bond acceptors (Lipinski definition) is 8. The zero-order valence-electron chi connectivity index (χ0n) is 19.0. The summed E-state index contributed by atoms with van der Waals surface area (Å²) >= 11 is 0. The van der Waals surface area contributed by atoms with E-state index in [9.17, 15) is 24.5 Å². The van der Waals surface area contributed by atoms with Crippen molar-refractivity contribution in [2.45, 2.75) is 13.8 Å². The number of aryl methyl sites for hydroxylation is 2. The molecule has 0 spiro atoms. The highest BCUT2D eigenvalue weighted by Crippen LogP contribution is 2.34. The molecule has 1 N–H and O–H groups in total. The maximum Gasteiger partial charge on any atom is 0.345 e. The van der Waals surface area contributed by atoms with Crippen molar-refractivity contribution in [1.82, 2.24) is 4.90 Å². The molecule has 0 saturated heterocycles. The average molecular weight is 459 g/mol. The topological polar surface area (TPSA) is 137 Å². The van der Waals surface area contributed by atoms with E-state index in [4.69, 9.17) is 14.2 Å². The second-order valence-corrected chi connectivity index (χ2v) is 7.12. The summed E-state index contributed by atoms with van der Waals surface area (Å²) in [7, 11) is 3.98. The molecule has 0 unspecified atom stereocenters. The molecule has 2 aromatic rings. The van der Waals surface area contributed by atoms with Crippen LogP contribution in [0.4, 0.5) is 11.4 Å². The van der Waals surface area contributed by atoms with Gasteiger partial charge in [0.1, 0.15) is 5.56 Å². The molecular weight excluding hydrogens is 434 g/mol. The van der Waals surface area contributed by atoms with E-state index in [0.29, 0.717) is 5.69 Å². The number of nitro groups is 1. The molecule has 11 heteroatoms. The summed E-state index contributed by atoms with van der Waals surface area (Å²) in [4.78, 5) is 48.7. The van der Waals surface area contributed by atoms with Crippen LogP contribution in [0.3, 0.4) is 0 Å². The molecule has 2 rings (SSSR count). The van der Waals surface area contributed by atoms with Gasteiger partial charge in [-0.25, -0.2) is 4.79 Å². The van der Waals surface area contributed by atoms with Gasteiger partial charge in [0.2, 0.25) is 5.91 Å². The molecule has 0 atom stereocenters. The summed E-state index contributed by atoms with van der Waals surface area (Å²) in [5, 5.41) is 14.1. The Balaban J connectivity index is 2.03. The minimum absolute atomic E-state index is 0.0615. The number of ether oxygens (including phenoxy) is 3. The van der Waals surface area contributed by atoms with Crippen LogP contribution >= 0.6 is 0 Å². The summed E-state index contributed by atoms with van der Waals surface area (Å²) in [5.74, 6) is -2.04. The van der Waals surface area contributed by atoms with Crippen LogP contribution in [0.1, 0.15) is 21.5 Å². The van der Waals surface area contributed by atoms with Crippen molar-refractivity contribution in [3.63, 3.8) is 0 Å². The van der Waals surface area contributed by atoms with E-state index in [1.54, 1.807) is 0 Å². The molecule has 0 radical (unpaired) electrons. The Morgan fingerprint density at radius 1 is 1.06 bits per heavy atom. The van der Waals surface area contributed by atoms with Crippen molar-refractivity contribution in [2.75, 3.05) is 39.7 Å². The van der Waals surface area contributed by atoms with Crippen molar-refractivity contribution in [1.29, 1.82) is 0 Å². The van der Waals surface area contributed by atoms with Crippen molar-refractivity contribution in [3.05, 3.63) is 57.1 Å². The monoisotopic (exact) mass is 459 g/mol. The lowest BCUT2D eigenvalue weighted by molar-refractivity contribution is -0.385. The van der Waals surface area contributed by atoms with E-state index in [-0.39, 0.29) is 18.0 Å². The van der Waals surface area contributed by atoms with E-state index in [1.807, 2.05) is 32.0 Å². The molecule has 2 aromatic carbocycles. The average Bonchev–Trinajstić information content (AvgIpc) is 2.78. The second kappa shape index (κ2) is 10.9. The Bertz CT molecular complexity index is 1060. The predicted octanol–water partition coefficient (Wildman–Crippen LogP) is 2.48. The number of rotatable bonds is 9. The summed E-state index contributed by atoms with van der Waals surface area (Å²) in [6.07, 6.45) is 0. The first-order valence-electron chi connectivity index (χ1n) is 9.76. The zero-order valence-corrected chi connectivity index (χ0v) is 19.0. The molecule has 0 aliphatic rings. The third-order valence-corrected chi connectivity index (χ3v) is 4.80. The van der Waals surface area contributed by atoms with E-state index in [1.165, 1.54) is 21.3 Å². The van der Waals surface area contributed by atoms with E-state index in [0.717, 1.165) is 28.2 Å². The van der Waals surface area contributed by atoms with E-state index >= 15 is 0 Å². The maximum atomic E-state index is 12.4. The number of likely N-dealkylation sites (N-methyl/N-ethyl adjacent to an activating group) is 1.